The summed E-state index contributed by atoms with van der Waals surface area (Å²) >= 11 is 0. The molecule has 0 bridgehead atoms. The number of alkyl carbamates (subject to hydrolysis) is 1. The fourth-order valence-electron chi connectivity index (χ4n) is 14.8. The lowest BCUT2D eigenvalue weighted by atomic mass is 9.98. The SMILES string of the molecule is CCOC(=O)N1CCN(Cc2ccn3c(-c4ccnc(N[C@@H](C)c5ccccc5)n4)c(-c4ccc(F)cc4)nc3c2)CC1.COC(=O)NCc1ccn2c(-c3ccnc(N[C@@H](C)c4ccccc4)n3)c(-c3ccc(F)cc3)nc2c1.C[C@H](Nc1nccc(-c2c(-c3ccc(F)cc3)nc3cc(CN4CC(C(=O)N(C)C)C4)ccn23)n1)c1ccccc1. The number of methoxy groups -OCH3 is 1. The molecule has 0 radical (unpaired) electrons. The molecule has 0 spiro atoms. The van der Waals surface area contributed by atoms with Gasteiger partial charge in [-0.25, -0.2) is 67.6 Å². The second kappa shape index (κ2) is 37.6. The fourth-order valence-corrected chi connectivity index (χ4v) is 14.8. The number of likely N-dealkylation sites (tertiary alicyclic amines) is 1. The molecule has 614 valence electrons. The van der Waals surface area contributed by atoms with Gasteiger partial charge in [-0.05, 0) is 188 Å². The molecule has 6 aromatic carbocycles. The van der Waals surface area contributed by atoms with Gasteiger partial charge < -0.3 is 40.5 Å². The molecule has 0 aliphatic carbocycles. The highest BCUT2D eigenvalue weighted by Crippen LogP contribution is 2.38. The minimum atomic E-state index is -0.512. The fraction of sp³-hybridized carbons (Fsp3) is 0.226. The molecule has 2 aliphatic heterocycles. The number of halogens is 3. The number of pyridine rings is 3. The number of nitrogens with zero attached hydrogens (tertiary/aromatic N) is 16. The summed E-state index contributed by atoms with van der Waals surface area (Å²) in [6, 6.07) is 66.9. The van der Waals surface area contributed by atoms with Crippen molar-refractivity contribution in [2.45, 2.75) is 65.5 Å². The number of anilines is 3. The topological polar surface area (TPSA) is 260 Å². The van der Waals surface area contributed by atoms with Crippen LogP contribution < -0.4 is 21.3 Å². The van der Waals surface area contributed by atoms with Crippen molar-refractivity contribution in [1.82, 2.24) is 83.0 Å². The van der Waals surface area contributed by atoms with Crippen LogP contribution in [0.1, 0.15) is 79.2 Å². The first-order chi connectivity index (χ1) is 58.8. The van der Waals surface area contributed by atoms with E-state index < -0.39 is 6.09 Å². The molecular weight excluding hydrogens is 1530 g/mol. The van der Waals surface area contributed by atoms with E-state index in [0.717, 1.165) is 118 Å². The first kappa shape index (κ1) is 81.9. The van der Waals surface area contributed by atoms with Gasteiger partial charge in [0.25, 0.3) is 0 Å². The highest BCUT2D eigenvalue weighted by Gasteiger charge is 2.34. The predicted molar refractivity (Wildman–Crippen MR) is 461 cm³/mol. The van der Waals surface area contributed by atoms with E-state index in [0.29, 0.717) is 77.4 Å². The molecule has 0 saturated carbocycles. The average molecular weight is 1630 g/mol. The number of nitrogens with one attached hydrogen (secondary N) is 4. The zero-order valence-corrected chi connectivity index (χ0v) is 68.0. The standard InChI is InChI=1S/C33H34FN7O2.C32H32FN7O.C28H25FN6O2/c1-3-43-33(42)40-19-17-39(18-20-40)22-24-14-16-41-29(21-24)38-30(26-9-11-27(34)12-10-26)31(41)28-13-15-35-32(37-28)36-23(2)25-7-5-4-6-8-25;1-21(23-7-5-4-6-8-23)35-32-34-15-13-27(36-32)30-29(24-9-11-26(33)12-10-24)37-28-17-22(14-16-40(28)30)18-39-19-25(20-39)31(41)38(2)3;1-18(20-6-4-3-5-7-20)32-27-30-14-12-23(33-27)26-25(21-8-10-22(29)11-9-21)34-24-16-19(13-15-35(24)26)17-31-28(36)37-2/h4-16,21,23H,3,17-20,22H2,1-2H3,(H,35,36,37);4-17,21,25H,18-20H2,1-3H3,(H,34,35,36);3-16,18H,17H2,1-2H3,(H,31,36)(H,30,32,33)/t23-;21-;18-/m000/s1. The van der Waals surface area contributed by atoms with E-state index in [9.17, 15) is 27.6 Å². The van der Waals surface area contributed by atoms with Crippen LogP contribution in [0.5, 0.6) is 0 Å². The van der Waals surface area contributed by atoms with E-state index in [4.69, 9.17) is 34.6 Å². The third-order valence-electron chi connectivity index (χ3n) is 21.1. The number of imidazole rings is 3. The molecule has 3 amide bonds. The highest BCUT2D eigenvalue weighted by atomic mass is 19.1. The van der Waals surface area contributed by atoms with E-state index in [1.807, 2.05) is 143 Å². The van der Waals surface area contributed by atoms with Gasteiger partial charge in [0, 0.05) is 127 Å². The van der Waals surface area contributed by atoms with Crippen LogP contribution in [0.25, 0.3) is 84.9 Å². The van der Waals surface area contributed by atoms with Crippen molar-refractivity contribution in [3.8, 4) is 67.9 Å². The summed E-state index contributed by atoms with van der Waals surface area (Å²) in [5, 5.41) is 12.8. The Morgan fingerprint density at radius 1 is 0.455 bits per heavy atom. The van der Waals surface area contributed by atoms with Crippen molar-refractivity contribution in [1.29, 1.82) is 0 Å². The van der Waals surface area contributed by atoms with Crippen molar-refractivity contribution in [3.05, 3.63) is 306 Å². The van der Waals surface area contributed by atoms with Gasteiger partial charge in [-0.15, -0.1) is 0 Å². The third kappa shape index (κ3) is 19.6. The van der Waals surface area contributed by atoms with Gasteiger partial charge in [0.05, 0.1) is 89.0 Å². The molecule has 25 nitrogen and oxygen atoms in total. The Balaban J connectivity index is 0.000000142. The summed E-state index contributed by atoms with van der Waals surface area (Å²) in [5.41, 5.74) is 17.5. The minimum Gasteiger partial charge on any atom is -0.453 e. The van der Waals surface area contributed by atoms with Crippen LogP contribution in [0.15, 0.2) is 256 Å². The van der Waals surface area contributed by atoms with Crippen LogP contribution >= 0.6 is 0 Å². The lowest BCUT2D eigenvalue weighted by molar-refractivity contribution is -0.138. The molecule has 2 aliphatic rings. The van der Waals surface area contributed by atoms with Crippen LogP contribution in [0, 0.1) is 23.4 Å². The molecule has 28 heteroatoms. The quantitative estimate of drug-likeness (QED) is 0.0464. The van der Waals surface area contributed by atoms with Gasteiger partial charge in [-0.1, -0.05) is 91.0 Å². The number of piperazine rings is 1. The molecule has 0 unspecified atom stereocenters. The van der Waals surface area contributed by atoms with Crippen LogP contribution in [0.3, 0.4) is 0 Å². The number of carbonyl (C=O) groups is 3. The molecule has 2 saturated heterocycles. The number of hydrogen-bond acceptors (Lipinski definition) is 19. The minimum absolute atomic E-state index is 0.0000670. The summed E-state index contributed by atoms with van der Waals surface area (Å²) < 4.78 is 57.1. The van der Waals surface area contributed by atoms with Gasteiger partial charge >= 0.3 is 12.2 Å². The highest BCUT2D eigenvalue weighted by molar-refractivity contribution is 5.84. The van der Waals surface area contributed by atoms with Gasteiger partial charge in [-0.3, -0.25) is 27.8 Å². The molecule has 17 rings (SSSR count). The van der Waals surface area contributed by atoms with E-state index >= 15 is 0 Å². The predicted octanol–water partition coefficient (Wildman–Crippen LogP) is 17.0. The van der Waals surface area contributed by atoms with Gasteiger partial charge in [-0.2, -0.15) is 0 Å². The Morgan fingerprint density at radius 3 is 1.17 bits per heavy atom. The second-order valence-corrected chi connectivity index (χ2v) is 29.8. The van der Waals surface area contributed by atoms with Crippen LogP contribution in [0.4, 0.5) is 40.6 Å². The van der Waals surface area contributed by atoms with Crippen molar-refractivity contribution >= 4 is 52.9 Å². The summed E-state index contributed by atoms with van der Waals surface area (Å²) in [4.78, 5) is 86.5. The number of benzene rings is 6. The van der Waals surface area contributed by atoms with E-state index in [-0.39, 0.29) is 60.0 Å². The zero-order valence-electron chi connectivity index (χ0n) is 68.0. The molecule has 9 aromatic heterocycles. The number of fused-ring (bicyclic) bond motifs is 3. The number of amides is 3. The Hall–Kier alpha value is -14.3. The van der Waals surface area contributed by atoms with Crippen molar-refractivity contribution in [2.24, 2.45) is 5.92 Å². The maximum Gasteiger partial charge on any atom is 0.409 e. The Labute approximate surface area is 698 Å². The summed E-state index contributed by atoms with van der Waals surface area (Å²) in [6.07, 6.45) is 10.3. The molecule has 2 fully saturated rings. The summed E-state index contributed by atoms with van der Waals surface area (Å²) in [5.74, 6) is 0.801. The monoisotopic (exact) mass is 1620 g/mol. The van der Waals surface area contributed by atoms with E-state index in [2.05, 4.69) is 113 Å². The Bertz CT molecular complexity index is 6090. The van der Waals surface area contributed by atoms with Crippen LogP contribution in [-0.4, -0.2) is 163 Å². The lowest BCUT2D eigenvalue weighted by Gasteiger charge is -2.39. The number of ether oxygens (including phenoxy) is 2. The van der Waals surface area contributed by atoms with Crippen molar-refractivity contribution in [2.75, 3.05) is 83.0 Å². The molecule has 15 aromatic rings. The Morgan fingerprint density at radius 2 is 0.810 bits per heavy atom. The maximum atomic E-state index is 13.8. The lowest BCUT2D eigenvalue weighted by Crippen LogP contribution is -2.52. The largest absolute Gasteiger partial charge is 0.453 e. The number of hydrogen-bond donors (Lipinski definition) is 4. The Kier molecular flexibility index (Phi) is 25.4. The molecule has 3 atom stereocenters. The smallest absolute Gasteiger partial charge is 0.409 e. The third-order valence-corrected chi connectivity index (χ3v) is 21.1. The molecule has 4 N–H and O–H groups in total. The van der Waals surface area contributed by atoms with Crippen molar-refractivity contribution < 1.29 is 37.0 Å². The van der Waals surface area contributed by atoms with Gasteiger partial charge in [0.15, 0.2) is 0 Å². The number of rotatable bonds is 23. The van der Waals surface area contributed by atoms with E-state index in [1.165, 1.54) is 43.5 Å². The molecule has 11 heterocycles. The number of carbonyl (C=O) groups excluding carboxylic acids is 3. The molecular formula is C93H91F3N20O5. The van der Waals surface area contributed by atoms with Crippen LogP contribution in [-0.2, 0) is 33.9 Å². The maximum absolute atomic E-state index is 13.8. The average Bonchev–Trinajstić information content (AvgIpc) is 1.63. The summed E-state index contributed by atoms with van der Waals surface area (Å²) in [6.45, 7) is 14.5. The van der Waals surface area contributed by atoms with E-state index in [1.54, 1.807) is 78.9 Å². The van der Waals surface area contributed by atoms with Crippen LogP contribution in [0.2, 0.25) is 0 Å². The molecule has 121 heavy (non-hydrogen) atoms. The second-order valence-electron chi connectivity index (χ2n) is 29.8. The van der Waals surface area contributed by atoms with Gasteiger partial charge in [0.1, 0.15) is 34.4 Å². The number of aromatic nitrogens is 12. The van der Waals surface area contributed by atoms with Crippen molar-refractivity contribution in [3.63, 3.8) is 0 Å². The first-order valence-electron chi connectivity index (χ1n) is 40.0. The normalized spacial score (nSPS) is 13.7. The first-order valence-corrected chi connectivity index (χ1v) is 40.0. The summed E-state index contributed by atoms with van der Waals surface area (Å²) in [7, 11) is 4.92. The zero-order chi connectivity index (χ0) is 84.0. The van der Waals surface area contributed by atoms with Gasteiger partial charge in [0.2, 0.25) is 23.8 Å².